The molecule has 0 unspecified atom stereocenters. The van der Waals surface area contributed by atoms with Crippen LogP contribution in [0, 0.1) is 13.8 Å². The molecule has 0 saturated heterocycles. The Labute approximate surface area is 166 Å². The van der Waals surface area contributed by atoms with Gasteiger partial charge in [0.05, 0.1) is 24.1 Å². The van der Waals surface area contributed by atoms with E-state index in [1.165, 1.54) is 16.9 Å². The van der Waals surface area contributed by atoms with Crippen molar-refractivity contribution in [1.29, 1.82) is 0 Å². The average Bonchev–Trinajstić information content (AvgIpc) is 3.29. The highest BCUT2D eigenvalue weighted by Crippen LogP contribution is 2.27. The van der Waals surface area contributed by atoms with Gasteiger partial charge in [-0.3, -0.25) is 9.78 Å². The van der Waals surface area contributed by atoms with Gasteiger partial charge in [0, 0.05) is 12.3 Å². The summed E-state index contributed by atoms with van der Waals surface area (Å²) in [4.78, 5) is 22.2. The molecule has 0 saturated carbocycles. The molecule has 0 aliphatic rings. The Kier molecular flexibility index (Phi) is 4.99. The van der Waals surface area contributed by atoms with Crippen molar-refractivity contribution in [2.75, 3.05) is 5.32 Å². The molecule has 0 radical (unpaired) electrons. The number of rotatable bonds is 5. The molecule has 3 aromatic heterocycles. The summed E-state index contributed by atoms with van der Waals surface area (Å²) in [6, 6.07) is 15.7. The number of aryl methyl sites for hydroxylation is 2. The second-order valence-corrected chi connectivity index (χ2v) is 7.46. The molecule has 1 aromatic carbocycles. The van der Waals surface area contributed by atoms with Crippen LogP contribution in [-0.2, 0) is 6.54 Å². The minimum absolute atomic E-state index is 0.192. The predicted molar refractivity (Wildman–Crippen MR) is 111 cm³/mol. The maximum Gasteiger partial charge on any atom is 0.268 e. The summed E-state index contributed by atoms with van der Waals surface area (Å²) >= 11 is 1.34. The van der Waals surface area contributed by atoms with E-state index in [1.807, 2.05) is 37.3 Å². The molecule has 1 N–H and O–H groups in total. The van der Waals surface area contributed by atoms with Crippen molar-refractivity contribution in [3.05, 3.63) is 82.6 Å². The lowest BCUT2D eigenvalue weighted by atomic mass is 10.1. The monoisotopic (exact) mass is 389 g/mol. The zero-order valence-electron chi connectivity index (χ0n) is 15.6. The molecule has 4 rings (SSSR count). The van der Waals surface area contributed by atoms with Gasteiger partial charge < -0.3 is 5.32 Å². The molecule has 7 heteroatoms. The smallest absolute Gasteiger partial charge is 0.268 e. The number of carbonyl (C=O) groups excluding carboxylic acids is 1. The molecule has 0 spiro atoms. The summed E-state index contributed by atoms with van der Waals surface area (Å²) in [5, 5.41) is 8.03. The minimum Gasteiger partial charge on any atom is -0.306 e. The first-order chi connectivity index (χ1) is 13.6. The highest BCUT2D eigenvalue weighted by Gasteiger charge is 2.18. The zero-order chi connectivity index (χ0) is 19.5. The maximum atomic E-state index is 12.8. The Morgan fingerprint density at radius 2 is 2.00 bits per heavy atom. The van der Waals surface area contributed by atoms with Crippen LogP contribution in [0.1, 0.15) is 26.5 Å². The zero-order valence-corrected chi connectivity index (χ0v) is 16.4. The van der Waals surface area contributed by atoms with Crippen molar-refractivity contribution in [2.45, 2.75) is 20.4 Å². The van der Waals surface area contributed by atoms with Gasteiger partial charge in [-0.05, 0) is 31.5 Å². The van der Waals surface area contributed by atoms with Crippen LogP contribution in [0.15, 0.2) is 60.9 Å². The number of nitrogens with zero attached hydrogens (tertiary/aromatic N) is 4. The van der Waals surface area contributed by atoms with E-state index >= 15 is 0 Å². The number of nitrogens with one attached hydrogen (secondary N) is 1. The maximum absolute atomic E-state index is 12.8. The molecular weight excluding hydrogens is 370 g/mol. The Hall–Kier alpha value is -3.32. The summed E-state index contributed by atoms with van der Waals surface area (Å²) in [7, 11) is 0. The van der Waals surface area contributed by atoms with Crippen LogP contribution in [0.5, 0.6) is 0 Å². The Morgan fingerprint density at radius 1 is 1.11 bits per heavy atom. The van der Waals surface area contributed by atoms with E-state index in [1.54, 1.807) is 23.1 Å². The third kappa shape index (κ3) is 3.84. The first kappa shape index (κ1) is 18.1. The first-order valence-electron chi connectivity index (χ1n) is 8.88. The van der Waals surface area contributed by atoms with Crippen LogP contribution in [0.3, 0.4) is 0 Å². The number of thiazole rings is 1. The predicted octanol–water partition coefficient (Wildman–Crippen LogP) is 4.32. The summed E-state index contributed by atoms with van der Waals surface area (Å²) in [5.41, 5.74) is 3.77. The Balaban J connectivity index is 1.54. The Morgan fingerprint density at radius 3 is 2.79 bits per heavy atom. The number of hydrogen-bond acceptors (Lipinski definition) is 5. The van der Waals surface area contributed by atoms with Gasteiger partial charge in [-0.15, -0.1) is 11.3 Å². The van der Waals surface area contributed by atoms with E-state index in [9.17, 15) is 4.79 Å². The molecular formula is C21H19N5OS. The van der Waals surface area contributed by atoms with E-state index in [2.05, 4.69) is 39.4 Å². The lowest BCUT2D eigenvalue weighted by Gasteiger charge is -2.09. The number of amides is 1. The molecule has 6 nitrogen and oxygen atoms in total. The fraction of sp³-hybridized carbons (Fsp3) is 0.143. The largest absolute Gasteiger partial charge is 0.306 e. The van der Waals surface area contributed by atoms with Crippen molar-refractivity contribution in [2.24, 2.45) is 0 Å². The molecule has 1 amide bonds. The lowest BCUT2D eigenvalue weighted by Crippen LogP contribution is -2.16. The van der Waals surface area contributed by atoms with Gasteiger partial charge in [-0.1, -0.05) is 35.9 Å². The second-order valence-electron chi connectivity index (χ2n) is 6.47. The molecule has 0 bridgehead atoms. The molecule has 28 heavy (non-hydrogen) atoms. The van der Waals surface area contributed by atoms with E-state index in [4.69, 9.17) is 0 Å². The minimum atomic E-state index is -0.192. The highest BCUT2D eigenvalue weighted by molar-refractivity contribution is 7.17. The number of benzene rings is 1. The quantitative estimate of drug-likeness (QED) is 0.552. The number of anilines is 1. The second kappa shape index (κ2) is 7.74. The number of carbonyl (C=O) groups is 1. The highest BCUT2D eigenvalue weighted by atomic mass is 32.1. The van der Waals surface area contributed by atoms with Gasteiger partial charge in [-0.2, -0.15) is 5.10 Å². The fourth-order valence-electron chi connectivity index (χ4n) is 2.93. The summed E-state index contributed by atoms with van der Waals surface area (Å²) < 4.78 is 1.78. The van der Waals surface area contributed by atoms with Gasteiger partial charge in [0.1, 0.15) is 15.7 Å². The topological polar surface area (TPSA) is 72.7 Å². The van der Waals surface area contributed by atoms with E-state index in [-0.39, 0.29) is 5.91 Å². The molecule has 3 heterocycles. The van der Waals surface area contributed by atoms with Gasteiger partial charge in [0.25, 0.3) is 5.91 Å². The molecule has 0 atom stereocenters. The average molecular weight is 389 g/mol. The SMILES string of the molecule is Cc1cccc(Cn2nccc2NC(=O)c2sc(-c3ccccn3)nc2C)c1. The van der Waals surface area contributed by atoms with Gasteiger partial charge in [-0.25, -0.2) is 9.67 Å². The van der Waals surface area contributed by atoms with Gasteiger partial charge >= 0.3 is 0 Å². The van der Waals surface area contributed by atoms with Crippen molar-refractivity contribution in [3.8, 4) is 10.7 Å². The molecule has 0 aliphatic heterocycles. The van der Waals surface area contributed by atoms with Crippen LogP contribution >= 0.6 is 11.3 Å². The van der Waals surface area contributed by atoms with E-state index in [0.717, 1.165) is 16.3 Å². The third-order valence-electron chi connectivity index (χ3n) is 4.26. The fourth-order valence-corrected chi connectivity index (χ4v) is 3.87. The van der Waals surface area contributed by atoms with Crippen LogP contribution < -0.4 is 5.32 Å². The molecule has 140 valence electrons. The Bertz CT molecular complexity index is 1120. The van der Waals surface area contributed by atoms with Crippen LogP contribution in [-0.4, -0.2) is 25.7 Å². The van der Waals surface area contributed by atoms with Crippen molar-refractivity contribution in [1.82, 2.24) is 19.7 Å². The van der Waals surface area contributed by atoms with Crippen molar-refractivity contribution in [3.63, 3.8) is 0 Å². The van der Waals surface area contributed by atoms with Gasteiger partial charge in [0.15, 0.2) is 0 Å². The number of aromatic nitrogens is 4. The van der Waals surface area contributed by atoms with Gasteiger partial charge in [0.2, 0.25) is 0 Å². The molecule has 0 aliphatic carbocycles. The summed E-state index contributed by atoms with van der Waals surface area (Å²) in [5.74, 6) is 0.460. The van der Waals surface area contributed by atoms with Crippen LogP contribution in [0.4, 0.5) is 5.82 Å². The number of pyridine rings is 1. The van der Waals surface area contributed by atoms with Crippen LogP contribution in [0.2, 0.25) is 0 Å². The van der Waals surface area contributed by atoms with E-state index < -0.39 is 0 Å². The molecule has 0 fully saturated rings. The summed E-state index contributed by atoms with van der Waals surface area (Å²) in [6.45, 7) is 4.48. The third-order valence-corrected chi connectivity index (χ3v) is 5.44. The van der Waals surface area contributed by atoms with E-state index in [0.29, 0.717) is 22.9 Å². The van der Waals surface area contributed by atoms with Crippen molar-refractivity contribution >= 4 is 23.1 Å². The van der Waals surface area contributed by atoms with Crippen LogP contribution in [0.25, 0.3) is 10.7 Å². The first-order valence-corrected chi connectivity index (χ1v) is 9.69. The normalized spacial score (nSPS) is 10.8. The standard InChI is InChI=1S/C21H19N5OS/c1-14-6-5-7-16(12-14)13-26-18(9-11-23-26)25-20(27)19-15(2)24-21(28-19)17-8-3-4-10-22-17/h3-12H,13H2,1-2H3,(H,25,27). The molecule has 4 aromatic rings. The summed E-state index contributed by atoms with van der Waals surface area (Å²) in [6.07, 6.45) is 3.40. The van der Waals surface area contributed by atoms with Crippen molar-refractivity contribution < 1.29 is 4.79 Å². The lowest BCUT2D eigenvalue weighted by molar-refractivity contribution is 0.102. The number of hydrogen-bond donors (Lipinski definition) is 1.